The van der Waals surface area contributed by atoms with Gasteiger partial charge in [-0.3, -0.25) is 10.2 Å². The molecular formula is C18H22N2O2. The Kier molecular flexibility index (Phi) is 6.13. The third-order valence-corrected chi connectivity index (χ3v) is 3.47. The van der Waals surface area contributed by atoms with Crippen LogP contribution in [0.2, 0.25) is 0 Å². The van der Waals surface area contributed by atoms with Gasteiger partial charge in [0.1, 0.15) is 5.75 Å². The molecule has 0 aromatic heterocycles. The Hall–Kier alpha value is -2.17. The molecule has 0 aliphatic heterocycles. The van der Waals surface area contributed by atoms with Gasteiger partial charge >= 0.3 is 0 Å². The monoisotopic (exact) mass is 298 g/mol. The van der Waals surface area contributed by atoms with Crippen molar-refractivity contribution < 1.29 is 9.53 Å². The molecule has 0 aliphatic carbocycles. The zero-order valence-electron chi connectivity index (χ0n) is 13.1. The zero-order chi connectivity index (χ0) is 15.8. The summed E-state index contributed by atoms with van der Waals surface area (Å²) in [5.74, 6) is 0.951. The molecule has 0 atom stereocenters. The highest BCUT2D eigenvalue weighted by Gasteiger charge is 2.00. The first-order valence-electron chi connectivity index (χ1n) is 7.40. The number of Topliss-reactive ketones (excluding diaryl/α,β-unsaturated/α-hetero) is 1. The second kappa shape index (κ2) is 8.32. The van der Waals surface area contributed by atoms with Crippen LogP contribution in [0, 0.1) is 0 Å². The van der Waals surface area contributed by atoms with Gasteiger partial charge in [0.05, 0.1) is 0 Å². The predicted molar refractivity (Wildman–Crippen MR) is 88.0 cm³/mol. The standard InChI is InChI=1S/C18H22N2O2/c1-14(21)17-9-5-15(6-10-17)3-4-16-7-11-18(12-8-16)22-13-20-19-2/h5-12,19-20H,3-4,13H2,1-2H3. The molecule has 4 nitrogen and oxygen atoms in total. The van der Waals surface area contributed by atoms with Crippen LogP contribution < -0.4 is 15.6 Å². The van der Waals surface area contributed by atoms with Crippen LogP contribution in [-0.4, -0.2) is 19.6 Å². The van der Waals surface area contributed by atoms with Crippen molar-refractivity contribution in [3.05, 3.63) is 65.2 Å². The highest BCUT2D eigenvalue weighted by molar-refractivity contribution is 5.93. The molecule has 22 heavy (non-hydrogen) atoms. The van der Waals surface area contributed by atoms with E-state index in [-0.39, 0.29) is 5.78 Å². The molecule has 0 saturated heterocycles. The molecule has 2 aromatic carbocycles. The van der Waals surface area contributed by atoms with Gasteiger partial charge < -0.3 is 4.74 Å². The van der Waals surface area contributed by atoms with Crippen molar-refractivity contribution in [2.75, 3.05) is 13.8 Å². The number of rotatable bonds is 8. The minimum atomic E-state index is 0.106. The zero-order valence-corrected chi connectivity index (χ0v) is 13.1. The van der Waals surface area contributed by atoms with Gasteiger partial charge in [0.2, 0.25) is 0 Å². The van der Waals surface area contributed by atoms with Crippen molar-refractivity contribution >= 4 is 5.78 Å². The third kappa shape index (κ3) is 4.98. The highest BCUT2D eigenvalue weighted by Crippen LogP contribution is 2.14. The Morgan fingerprint density at radius 2 is 1.50 bits per heavy atom. The van der Waals surface area contributed by atoms with Gasteiger partial charge in [0.25, 0.3) is 0 Å². The third-order valence-electron chi connectivity index (χ3n) is 3.47. The average molecular weight is 298 g/mol. The van der Waals surface area contributed by atoms with Crippen LogP contribution in [-0.2, 0) is 12.8 Å². The van der Waals surface area contributed by atoms with Crippen molar-refractivity contribution in [3.8, 4) is 5.75 Å². The van der Waals surface area contributed by atoms with E-state index >= 15 is 0 Å². The predicted octanol–water partition coefficient (Wildman–Crippen LogP) is 2.73. The maximum absolute atomic E-state index is 11.2. The lowest BCUT2D eigenvalue weighted by atomic mass is 10.0. The molecule has 2 N–H and O–H groups in total. The molecule has 0 fully saturated rings. The molecule has 0 unspecified atom stereocenters. The average Bonchev–Trinajstić information content (AvgIpc) is 2.55. The Morgan fingerprint density at radius 3 is 2.00 bits per heavy atom. The maximum atomic E-state index is 11.2. The summed E-state index contributed by atoms with van der Waals surface area (Å²) in [5.41, 5.74) is 8.95. The fraction of sp³-hybridized carbons (Fsp3) is 0.278. The minimum Gasteiger partial charge on any atom is -0.477 e. The van der Waals surface area contributed by atoms with Crippen molar-refractivity contribution in [1.82, 2.24) is 10.9 Å². The summed E-state index contributed by atoms with van der Waals surface area (Å²) in [4.78, 5) is 11.2. The normalized spacial score (nSPS) is 10.5. The summed E-state index contributed by atoms with van der Waals surface area (Å²) in [7, 11) is 1.80. The van der Waals surface area contributed by atoms with Crippen molar-refractivity contribution in [3.63, 3.8) is 0 Å². The number of carbonyl (C=O) groups is 1. The van der Waals surface area contributed by atoms with E-state index in [9.17, 15) is 4.79 Å². The molecular weight excluding hydrogens is 276 g/mol. The van der Waals surface area contributed by atoms with Crippen molar-refractivity contribution in [1.29, 1.82) is 0 Å². The molecule has 2 rings (SSSR count). The molecule has 0 radical (unpaired) electrons. The van der Waals surface area contributed by atoms with E-state index in [0.29, 0.717) is 6.73 Å². The summed E-state index contributed by atoms with van der Waals surface area (Å²) in [6.45, 7) is 2.02. The van der Waals surface area contributed by atoms with Crippen LogP contribution in [0.4, 0.5) is 0 Å². The van der Waals surface area contributed by atoms with E-state index in [1.807, 2.05) is 36.4 Å². The maximum Gasteiger partial charge on any atom is 0.159 e. The molecule has 0 spiro atoms. The summed E-state index contributed by atoms with van der Waals surface area (Å²) in [6, 6.07) is 16.0. The van der Waals surface area contributed by atoms with Gasteiger partial charge in [0.15, 0.2) is 12.5 Å². The number of benzene rings is 2. The summed E-state index contributed by atoms with van der Waals surface area (Å²) in [6.07, 6.45) is 1.92. The van der Waals surface area contributed by atoms with Gasteiger partial charge in [-0.1, -0.05) is 36.4 Å². The van der Waals surface area contributed by atoms with E-state index < -0.39 is 0 Å². The first-order chi connectivity index (χ1) is 10.7. The van der Waals surface area contributed by atoms with Gasteiger partial charge in [-0.15, -0.1) is 0 Å². The van der Waals surface area contributed by atoms with Gasteiger partial charge in [0, 0.05) is 5.56 Å². The topological polar surface area (TPSA) is 50.4 Å². The minimum absolute atomic E-state index is 0.106. The van der Waals surface area contributed by atoms with Gasteiger partial charge in [-0.2, -0.15) is 0 Å². The molecule has 2 aromatic rings. The van der Waals surface area contributed by atoms with E-state index in [4.69, 9.17) is 4.74 Å². The van der Waals surface area contributed by atoms with E-state index in [1.165, 1.54) is 11.1 Å². The van der Waals surface area contributed by atoms with Crippen LogP contribution >= 0.6 is 0 Å². The second-order valence-electron chi connectivity index (χ2n) is 5.11. The van der Waals surface area contributed by atoms with Gasteiger partial charge in [-0.05, 0) is 50.1 Å². The molecule has 0 aliphatic rings. The lowest BCUT2D eigenvalue weighted by Crippen LogP contribution is -2.31. The molecule has 0 heterocycles. The van der Waals surface area contributed by atoms with Crippen molar-refractivity contribution in [2.45, 2.75) is 19.8 Å². The van der Waals surface area contributed by atoms with Crippen LogP contribution in [0.15, 0.2) is 48.5 Å². The largest absolute Gasteiger partial charge is 0.477 e. The number of ketones is 1. The number of hydrogen-bond acceptors (Lipinski definition) is 4. The quantitative estimate of drug-likeness (QED) is 0.340. The number of hydrazine groups is 1. The van der Waals surface area contributed by atoms with Gasteiger partial charge in [-0.25, -0.2) is 5.43 Å². The number of ether oxygens (including phenoxy) is 1. The van der Waals surface area contributed by atoms with E-state index in [1.54, 1.807) is 14.0 Å². The molecule has 0 saturated carbocycles. The molecule has 0 bridgehead atoms. The van der Waals surface area contributed by atoms with Crippen LogP contribution in [0.1, 0.15) is 28.4 Å². The van der Waals surface area contributed by atoms with Crippen LogP contribution in [0.25, 0.3) is 0 Å². The first kappa shape index (κ1) is 16.2. The molecule has 4 heteroatoms. The lowest BCUT2D eigenvalue weighted by Gasteiger charge is -2.08. The summed E-state index contributed by atoms with van der Waals surface area (Å²) >= 11 is 0. The fourth-order valence-corrected chi connectivity index (χ4v) is 2.14. The SMILES string of the molecule is CNNCOc1ccc(CCc2ccc(C(C)=O)cc2)cc1. The fourth-order valence-electron chi connectivity index (χ4n) is 2.14. The summed E-state index contributed by atoms with van der Waals surface area (Å²) in [5, 5.41) is 0. The van der Waals surface area contributed by atoms with Crippen LogP contribution in [0.3, 0.4) is 0 Å². The highest BCUT2D eigenvalue weighted by atomic mass is 16.5. The van der Waals surface area contributed by atoms with Crippen molar-refractivity contribution in [2.24, 2.45) is 0 Å². The Labute approximate surface area is 131 Å². The molecule has 116 valence electrons. The smallest absolute Gasteiger partial charge is 0.159 e. The Balaban J connectivity index is 1.84. The number of hydrogen-bond donors (Lipinski definition) is 2. The van der Waals surface area contributed by atoms with E-state index in [0.717, 1.165) is 24.2 Å². The Morgan fingerprint density at radius 1 is 0.955 bits per heavy atom. The molecule has 0 amide bonds. The lowest BCUT2D eigenvalue weighted by molar-refractivity contribution is 0.101. The number of nitrogens with one attached hydrogen (secondary N) is 2. The second-order valence-corrected chi connectivity index (χ2v) is 5.11. The number of carbonyl (C=O) groups excluding carboxylic acids is 1. The van der Waals surface area contributed by atoms with Crippen LogP contribution in [0.5, 0.6) is 5.75 Å². The summed E-state index contributed by atoms with van der Waals surface area (Å²) < 4.78 is 5.49. The first-order valence-corrected chi connectivity index (χ1v) is 7.40. The number of aryl methyl sites for hydroxylation is 2. The Bertz CT molecular complexity index is 591. The van der Waals surface area contributed by atoms with E-state index in [2.05, 4.69) is 23.0 Å².